The van der Waals surface area contributed by atoms with Crippen LogP contribution >= 0.6 is 0 Å². The molecule has 0 aromatic heterocycles. The van der Waals surface area contributed by atoms with E-state index in [1.165, 1.54) is 0 Å². The second-order valence-electron chi connectivity index (χ2n) is 8.06. The van der Waals surface area contributed by atoms with Crippen molar-refractivity contribution in [2.24, 2.45) is 10.9 Å². The van der Waals surface area contributed by atoms with E-state index in [0.717, 1.165) is 70.8 Å². The molecule has 1 atom stereocenters. The molecule has 0 aromatic rings. The zero-order chi connectivity index (χ0) is 20.5. The number of nitrogens with one attached hydrogen (secondary N) is 2. The Morgan fingerprint density at radius 2 is 1.86 bits per heavy atom. The number of likely N-dealkylation sites (N-methyl/N-ethyl adjacent to an activating group) is 1. The number of amides is 2. The maximum Gasteiger partial charge on any atom is 0.239 e. The highest BCUT2D eigenvalue weighted by Gasteiger charge is 2.31. The summed E-state index contributed by atoms with van der Waals surface area (Å²) in [5, 5.41) is 6.19. The first-order chi connectivity index (χ1) is 13.5. The normalized spacial score (nSPS) is 21.6. The average molecular weight is 395 g/mol. The van der Waals surface area contributed by atoms with Crippen molar-refractivity contribution in [2.45, 2.75) is 44.6 Å². The highest BCUT2D eigenvalue weighted by Crippen LogP contribution is 2.21. The third kappa shape index (κ3) is 6.36. The van der Waals surface area contributed by atoms with Crippen LogP contribution in [0.25, 0.3) is 0 Å². The number of hydrogen-bond donors (Lipinski definition) is 2. The molecule has 2 aliphatic rings. The van der Waals surface area contributed by atoms with Gasteiger partial charge in [0.25, 0.3) is 0 Å². The minimum atomic E-state index is 0.0497. The van der Waals surface area contributed by atoms with Crippen LogP contribution < -0.4 is 10.6 Å². The largest absolute Gasteiger partial charge is 0.359 e. The van der Waals surface area contributed by atoms with E-state index < -0.39 is 0 Å². The third-order valence-corrected chi connectivity index (χ3v) is 5.87. The molecule has 0 radical (unpaired) electrons. The predicted octanol–water partition coefficient (Wildman–Crippen LogP) is 0.353. The molecule has 2 saturated heterocycles. The molecule has 2 rings (SSSR count). The van der Waals surface area contributed by atoms with Gasteiger partial charge in [0.05, 0.1) is 6.04 Å². The maximum absolute atomic E-state index is 12.3. The van der Waals surface area contributed by atoms with E-state index in [1.54, 1.807) is 11.9 Å². The minimum absolute atomic E-state index is 0.0497. The van der Waals surface area contributed by atoms with Gasteiger partial charge in [-0.1, -0.05) is 0 Å². The Morgan fingerprint density at radius 3 is 2.46 bits per heavy atom. The standard InChI is InChI=1S/C20H38N6O2/c1-21-18(27)15-16-8-13-26(14-9-16)20(22-2)23-10-6-12-25-11-5-7-17(25)19(28)24(3)4/h16-17H,5-15H2,1-4H3,(H,21,27)(H,22,23). The van der Waals surface area contributed by atoms with E-state index in [2.05, 4.69) is 25.4 Å². The number of likely N-dealkylation sites (tertiary alicyclic amines) is 2. The number of rotatable bonds is 7. The Hall–Kier alpha value is -1.83. The van der Waals surface area contributed by atoms with Gasteiger partial charge in [0.15, 0.2) is 5.96 Å². The highest BCUT2D eigenvalue weighted by atomic mass is 16.2. The summed E-state index contributed by atoms with van der Waals surface area (Å²) in [4.78, 5) is 34.6. The van der Waals surface area contributed by atoms with Gasteiger partial charge in [-0.3, -0.25) is 19.5 Å². The molecule has 2 N–H and O–H groups in total. The van der Waals surface area contributed by atoms with Crippen LogP contribution in [0.2, 0.25) is 0 Å². The number of carbonyl (C=O) groups excluding carboxylic acids is 2. The molecule has 160 valence electrons. The SMILES string of the molecule is CN=C(NCCCN1CCCC1C(=O)N(C)C)N1CCC(CC(=O)NC)CC1. The molecule has 2 heterocycles. The lowest BCUT2D eigenvalue weighted by Crippen LogP contribution is -2.47. The lowest BCUT2D eigenvalue weighted by atomic mass is 9.93. The van der Waals surface area contributed by atoms with E-state index in [1.807, 2.05) is 21.1 Å². The van der Waals surface area contributed by atoms with Crippen molar-refractivity contribution in [3.63, 3.8) is 0 Å². The van der Waals surface area contributed by atoms with Crippen molar-refractivity contribution < 1.29 is 9.59 Å². The average Bonchev–Trinajstić information content (AvgIpc) is 3.16. The molecule has 0 aromatic carbocycles. The highest BCUT2D eigenvalue weighted by molar-refractivity contribution is 5.81. The number of hydrogen-bond acceptors (Lipinski definition) is 4. The molecule has 2 fully saturated rings. The lowest BCUT2D eigenvalue weighted by Gasteiger charge is -2.34. The second kappa shape index (κ2) is 11.2. The summed E-state index contributed by atoms with van der Waals surface area (Å²) in [6.07, 6.45) is 5.73. The third-order valence-electron chi connectivity index (χ3n) is 5.87. The van der Waals surface area contributed by atoms with Crippen LogP contribution in [0.1, 0.15) is 38.5 Å². The summed E-state index contributed by atoms with van der Waals surface area (Å²) in [5.74, 6) is 1.77. The summed E-state index contributed by atoms with van der Waals surface area (Å²) in [6, 6.07) is 0.0497. The zero-order valence-electron chi connectivity index (χ0n) is 18.0. The molecule has 28 heavy (non-hydrogen) atoms. The number of aliphatic imine (C=N–C) groups is 1. The summed E-state index contributed by atoms with van der Waals surface area (Å²) in [5.41, 5.74) is 0. The van der Waals surface area contributed by atoms with Gasteiger partial charge in [0.2, 0.25) is 11.8 Å². The number of nitrogens with zero attached hydrogens (tertiary/aromatic N) is 4. The Morgan fingerprint density at radius 1 is 1.14 bits per heavy atom. The number of guanidine groups is 1. The molecule has 8 heteroatoms. The lowest BCUT2D eigenvalue weighted by molar-refractivity contribution is -0.133. The van der Waals surface area contributed by atoms with Crippen molar-refractivity contribution in [3.8, 4) is 0 Å². The van der Waals surface area contributed by atoms with Gasteiger partial charge in [-0.25, -0.2) is 0 Å². The minimum Gasteiger partial charge on any atom is -0.359 e. The van der Waals surface area contributed by atoms with Crippen molar-refractivity contribution >= 4 is 17.8 Å². The first-order valence-electron chi connectivity index (χ1n) is 10.6. The Bertz CT molecular complexity index is 543. The number of carbonyl (C=O) groups is 2. The van der Waals surface area contributed by atoms with E-state index in [9.17, 15) is 9.59 Å². The summed E-state index contributed by atoms with van der Waals surface area (Å²) in [6.45, 7) is 4.67. The fourth-order valence-corrected chi connectivity index (χ4v) is 4.20. The van der Waals surface area contributed by atoms with E-state index >= 15 is 0 Å². The molecular formula is C20H38N6O2. The van der Waals surface area contributed by atoms with E-state index in [4.69, 9.17) is 0 Å². The van der Waals surface area contributed by atoms with Gasteiger partial charge in [0.1, 0.15) is 0 Å². The van der Waals surface area contributed by atoms with Gasteiger partial charge in [-0.15, -0.1) is 0 Å². The molecule has 1 unspecified atom stereocenters. The topological polar surface area (TPSA) is 80.3 Å². The Kier molecular flexibility index (Phi) is 9.02. The van der Waals surface area contributed by atoms with Crippen LogP contribution in [0.3, 0.4) is 0 Å². The molecule has 0 bridgehead atoms. The van der Waals surface area contributed by atoms with Crippen molar-refractivity contribution in [1.29, 1.82) is 0 Å². The van der Waals surface area contributed by atoms with Crippen molar-refractivity contribution in [2.75, 3.05) is 60.9 Å². The maximum atomic E-state index is 12.3. The van der Waals surface area contributed by atoms with Crippen LogP contribution in [0.4, 0.5) is 0 Å². The monoisotopic (exact) mass is 394 g/mol. The predicted molar refractivity (Wildman–Crippen MR) is 112 cm³/mol. The van der Waals surface area contributed by atoms with Crippen LogP contribution in [0.15, 0.2) is 4.99 Å². The smallest absolute Gasteiger partial charge is 0.239 e. The molecular weight excluding hydrogens is 356 g/mol. The van der Waals surface area contributed by atoms with Crippen LogP contribution in [-0.2, 0) is 9.59 Å². The van der Waals surface area contributed by atoms with Gasteiger partial charge in [-0.05, 0) is 44.6 Å². The van der Waals surface area contributed by atoms with E-state index in [0.29, 0.717) is 12.3 Å². The summed E-state index contributed by atoms with van der Waals surface area (Å²) >= 11 is 0. The van der Waals surface area contributed by atoms with E-state index in [-0.39, 0.29) is 17.9 Å². The molecule has 0 aliphatic carbocycles. The quantitative estimate of drug-likeness (QED) is 0.370. The van der Waals surface area contributed by atoms with Crippen LogP contribution in [0.5, 0.6) is 0 Å². The summed E-state index contributed by atoms with van der Waals surface area (Å²) < 4.78 is 0. The van der Waals surface area contributed by atoms with Crippen molar-refractivity contribution in [1.82, 2.24) is 25.3 Å². The summed E-state index contributed by atoms with van der Waals surface area (Å²) in [7, 11) is 7.19. The number of piperidine rings is 1. The molecule has 0 spiro atoms. The van der Waals surface area contributed by atoms with Crippen LogP contribution in [-0.4, -0.2) is 99.4 Å². The Balaban J connectivity index is 1.69. The zero-order valence-corrected chi connectivity index (χ0v) is 18.0. The van der Waals surface area contributed by atoms with Gasteiger partial charge in [-0.2, -0.15) is 0 Å². The van der Waals surface area contributed by atoms with Crippen molar-refractivity contribution in [3.05, 3.63) is 0 Å². The molecule has 2 amide bonds. The van der Waals surface area contributed by atoms with Gasteiger partial charge < -0.3 is 20.4 Å². The fourth-order valence-electron chi connectivity index (χ4n) is 4.20. The molecule has 2 aliphatic heterocycles. The first kappa shape index (κ1) is 22.5. The Labute approximate surface area is 169 Å². The van der Waals surface area contributed by atoms with Gasteiger partial charge >= 0.3 is 0 Å². The molecule has 0 saturated carbocycles. The van der Waals surface area contributed by atoms with Gasteiger partial charge in [0, 0.05) is 60.8 Å². The second-order valence-corrected chi connectivity index (χ2v) is 8.06. The fraction of sp³-hybridized carbons (Fsp3) is 0.850. The first-order valence-corrected chi connectivity index (χ1v) is 10.6. The molecule has 8 nitrogen and oxygen atoms in total. The van der Waals surface area contributed by atoms with Crippen LogP contribution in [0, 0.1) is 5.92 Å².